The highest BCUT2D eigenvalue weighted by Crippen LogP contribution is 2.37. The Morgan fingerprint density at radius 1 is 0.950 bits per heavy atom. The van der Waals surface area contributed by atoms with Crippen LogP contribution in [0.1, 0.15) is 71.6 Å². The van der Waals surface area contributed by atoms with Gasteiger partial charge in [-0.15, -0.1) is 0 Å². The van der Waals surface area contributed by atoms with Crippen molar-refractivity contribution in [1.29, 1.82) is 0 Å². The first kappa shape index (κ1) is 14.8. The van der Waals surface area contributed by atoms with Gasteiger partial charge in [0, 0.05) is 31.2 Å². The van der Waals surface area contributed by atoms with E-state index in [1.54, 1.807) is 0 Å². The molecule has 3 rings (SSSR count). The molecule has 2 aliphatic carbocycles. The standard InChI is InChI=1S/C18H34N2/c1-3-16(4-2)20-13-17(14-10-11-14)19-12-18(20)15-8-6-5-7-9-15/h14-19H,3-13H2,1-2H3. The summed E-state index contributed by atoms with van der Waals surface area (Å²) in [5, 5.41) is 3.92. The Kier molecular flexibility index (Phi) is 5.04. The minimum atomic E-state index is 0.801. The predicted octanol–water partition coefficient (Wildman–Crippen LogP) is 3.81. The Labute approximate surface area is 125 Å². The number of hydrogen-bond donors (Lipinski definition) is 1. The topological polar surface area (TPSA) is 15.3 Å². The zero-order chi connectivity index (χ0) is 13.9. The molecule has 1 heterocycles. The summed E-state index contributed by atoms with van der Waals surface area (Å²) in [7, 11) is 0. The molecule has 2 atom stereocenters. The molecule has 1 aliphatic heterocycles. The molecule has 2 unspecified atom stereocenters. The Balaban J connectivity index is 1.68. The van der Waals surface area contributed by atoms with E-state index in [0.717, 1.165) is 30.0 Å². The highest BCUT2D eigenvalue weighted by atomic mass is 15.3. The molecule has 1 N–H and O–H groups in total. The molecule has 2 nitrogen and oxygen atoms in total. The van der Waals surface area contributed by atoms with Gasteiger partial charge in [-0.05, 0) is 50.4 Å². The molecule has 0 bridgehead atoms. The van der Waals surface area contributed by atoms with Crippen LogP contribution in [-0.2, 0) is 0 Å². The fourth-order valence-corrected chi connectivity index (χ4v) is 4.76. The quantitative estimate of drug-likeness (QED) is 0.822. The van der Waals surface area contributed by atoms with Crippen molar-refractivity contribution < 1.29 is 0 Å². The Morgan fingerprint density at radius 2 is 1.65 bits per heavy atom. The molecule has 0 aromatic heterocycles. The minimum Gasteiger partial charge on any atom is -0.311 e. The second kappa shape index (κ2) is 6.79. The Morgan fingerprint density at radius 3 is 2.25 bits per heavy atom. The number of hydrogen-bond acceptors (Lipinski definition) is 2. The van der Waals surface area contributed by atoms with Gasteiger partial charge in [-0.1, -0.05) is 33.1 Å². The molecule has 0 spiro atoms. The van der Waals surface area contributed by atoms with E-state index < -0.39 is 0 Å². The molecule has 1 saturated heterocycles. The summed E-state index contributed by atoms with van der Waals surface area (Å²) in [6.07, 6.45) is 13.0. The summed E-state index contributed by atoms with van der Waals surface area (Å²) in [5.41, 5.74) is 0. The largest absolute Gasteiger partial charge is 0.311 e. The second-order valence-electron chi connectivity index (χ2n) is 7.48. The lowest BCUT2D eigenvalue weighted by atomic mass is 9.81. The Hall–Kier alpha value is -0.0800. The van der Waals surface area contributed by atoms with Crippen LogP contribution in [-0.4, -0.2) is 36.1 Å². The van der Waals surface area contributed by atoms with E-state index in [-0.39, 0.29) is 0 Å². The van der Waals surface area contributed by atoms with Gasteiger partial charge < -0.3 is 5.32 Å². The molecule has 3 aliphatic rings. The van der Waals surface area contributed by atoms with E-state index in [1.807, 2.05) is 0 Å². The van der Waals surface area contributed by atoms with Crippen LogP contribution >= 0.6 is 0 Å². The van der Waals surface area contributed by atoms with Crippen LogP contribution < -0.4 is 5.32 Å². The first-order valence-corrected chi connectivity index (χ1v) is 9.32. The number of piperazine rings is 1. The first-order valence-electron chi connectivity index (χ1n) is 9.32. The van der Waals surface area contributed by atoms with Crippen molar-refractivity contribution in [2.75, 3.05) is 13.1 Å². The molecule has 3 fully saturated rings. The maximum atomic E-state index is 3.92. The predicted molar refractivity (Wildman–Crippen MR) is 86.0 cm³/mol. The maximum absolute atomic E-state index is 3.92. The summed E-state index contributed by atoms with van der Waals surface area (Å²) in [6, 6.07) is 2.45. The van der Waals surface area contributed by atoms with E-state index in [1.165, 1.54) is 70.9 Å². The summed E-state index contributed by atoms with van der Waals surface area (Å²) in [6.45, 7) is 7.38. The van der Waals surface area contributed by atoms with Crippen molar-refractivity contribution in [3.05, 3.63) is 0 Å². The van der Waals surface area contributed by atoms with E-state index >= 15 is 0 Å². The summed E-state index contributed by atoms with van der Waals surface area (Å²) < 4.78 is 0. The molecule has 0 aromatic carbocycles. The average Bonchev–Trinajstić information content (AvgIpc) is 3.34. The van der Waals surface area contributed by atoms with Crippen molar-refractivity contribution in [2.45, 2.75) is 89.8 Å². The van der Waals surface area contributed by atoms with Crippen LogP contribution in [0.2, 0.25) is 0 Å². The fraction of sp³-hybridized carbons (Fsp3) is 1.00. The van der Waals surface area contributed by atoms with E-state index in [9.17, 15) is 0 Å². The van der Waals surface area contributed by atoms with Gasteiger partial charge in [0.05, 0.1) is 0 Å². The third kappa shape index (κ3) is 3.22. The number of rotatable bonds is 5. The second-order valence-corrected chi connectivity index (χ2v) is 7.48. The molecule has 20 heavy (non-hydrogen) atoms. The van der Waals surface area contributed by atoms with Gasteiger partial charge in [-0.3, -0.25) is 4.90 Å². The van der Waals surface area contributed by atoms with E-state index in [2.05, 4.69) is 24.1 Å². The number of nitrogens with zero attached hydrogens (tertiary/aromatic N) is 1. The minimum absolute atomic E-state index is 0.801. The molecule has 0 amide bonds. The molecule has 0 radical (unpaired) electrons. The lowest BCUT2D eigenvalue weighted by Gasteiger charge is -2.48. The summed E-state index contributed by atoms with van der Waals surface area (Å²) in [5.74, 6) is 1.97. The highest BCUT2D eigenvalue weighted by molar-refractivity contribution is 4.98. The van der Waals surface area contributed by atoms with Crippen molar-refractivity contribution in [3.63, 3.8) is 0 Å². The van der Waals surface area contributed by atoms with Gasteiger partial charge in [-0.2, -0.15) is 0 Å². The normalized spacial score (nSPS) is 33.8. The fourth-order valence-electron chi connectivity index (χ4n) is 4.76. The van der Waals surface area contributed by atoms with Gasteiger partial charge in [0.2, 0.25) is 0 Å². The zero-order valence-corrected chi connectivity index (χ0v) is 13.6. The highest BCUT2D eigenvalue weighted by Gasteiger charge is 2.41. The van der Waals surface area contributed by atoms with Crippen LogP contribution in [0.15, 0.2) is 0 Å². The van der Waals surface area contributed by atoms with E-state index in [0.29, 0.717) is 0 Å². The number of nitrogens with one attached hydrogen (secondary N) is 1. The first-order chi connectivity index (χ1) is 9.83. The summed E-state index contributed by atoms with van der Waals surface area (Å²) >= 11 is 0. The van der Waals surface area contributed by atoms with Crippen LogP contribution in [0.4, 0.5) is 0 Å². The van der Waals surface area contributed by atoms with Gasteiger partial charge in [0.25, 0.3) is 0 Å². The maximum Gasteiger partial charge on any atom is 0.0252 e. The third-order valence-corrected chi connectivity index (χ3v) is 6.22. The zero-order valence-electron chi connectivity index (χ0n) is 13.6. The Bertz CT molecular complexity index is 290. The van der Waals surface area contributed by atoms with Crippen molar-refractivity contribution in [3.8, 4) is 0 Å². The molecule has 116 valence electrons. The van der Waals surface area contributed by atoms with E-state index in [4.69, 9.17) is 0 Å². The van der Waals surface area contributed by atoms with Crippen molar-refractivity contribution >= 4 is 0 Å². The van der Waals surface area contributed by atoms with Gasteiger partial charge in [-0.25, -0.2) is 0 Å². The van der Waals surface area contributed by atoms with Crippen molar-refractivity contribution in [2.24, 2.45) is 11.8 Å². The van der Waals surface area contributed by atoms with Crippen LogP contribution in [0, 0.1) is 11.8 Å². The smallest absolute Gasteiger partial charge is 0.0252 e. The van der Waals surface area contributed by atoms with Crippen LogP contribution in [0.25, 0.3) is 0 Å². The lowest BCUT2D eigenvalue weighted by molar-refractivity contribution is 0.0282. The monoisotopic (exact) mass is 278 g/mol. The molecule has 2 heteroatoms. The van der Waals surface area contributed by atoms with Crippen LogP contribution in [0.3, 0.4) is 0 Å². The lowest BCUT2D eigenvalue weighted by Crippen LogP contribution is -2.62. The average molecular weight is 278 g/mol. The molecular formula is C18H34N2. The molecule has 2 saturated carbocycles. The third-order valence-electron chi connectivity index (χ3n) is 6.22. The van der Waals surface area contributed by atoms with Gasteiger partial charge in [0.1, 0.15) is 0 Å². The van der Waals surface area contributed by atoms with Crippen LogP contribution in [0.5, 0.6) is 0 Å². The molecular weight excluding hydrogens is 244 g/mol. The summed E-state index contributed by atoms with van der Waals surface area (Å²) in [4.78, 5) is 2.94. The SMILES string of the molecule is CCC(CC)N1CC(C2CC2)NCC1C1CCCCC1. The van der Waals surface area contributed by atoms with Gasteiger partial charge >= 0.3 is 0 Å². The molecule has 0 aromatic rings. The van der Waals surface area contributed by atoms with Crippen molar-refractivity contribution in [1.82, 2.24) is 10.2 Å². The van der Waals surface area contributed by atoms with Gasteiger partial charge in [0.15, 0.2) is 0 Å².